The summed E-state index contributed by atoms with van der Waals surface area (Å²) in [4.78, 5) is 23.1. The summed E-state index contributed by atoms with van der Waals surface area (Å²) in [5, 5.41) is 3.99. The summed E-state index contributed by atoms with van der Waals surface area (Å²) in [5.74, 6) is 1.71. The molecule has 1 fully saturated rings. The van der Waals surface area contributed by atoms with Crippen molar-refractivity contribution >= 4 is 5.91 Å². The molecule has 3 aromatic rings. The molecule has 0 bridgehead atoms. The topological polar surface area (TPSA) is 90.6 Å². The molecule has 31 heavy (non-hydrogen) atoms. The van der Waals surface area contributed by atoms with Gasteiger partial charge in [-0.3, -0.25) is 9.78 Å². The number of carbonyl (C=O) groups is 1. The van der Waals surface area contributed by atoms with Gasteiger partial charge in [0.2, 0.25) is 11.7 Å². The van der Waals surface area contributed by atoms with Gasteiger partial charge in [0.05, 0.1) is 19.8 Å². The van der Waals surface area contributed by atoms with Crippen LogP contribution in [0.25, 0.3) is 11.5 Å². The van der Waals surface area contributed by atoms with Crippen LogP contribution in [0.1, 0.15) is 36.0 Å². The molecule has 1 aliphatic rings. The van der Waals surface area contributed by atoms with E-state index in [2.05, 4.69) is 28.1 Å². The highest BCUT2D eigenvalue weighted by Gasteiger charge is 2.29. The second kappa shape index (κ2) is 9.70. The summed E-state index contributed by atoms with van der Waals surface area (Å²) in [6.07, 6.45) is 2.31. The van der Waals surface area contributed by atoms with E-state index in [1.165, 1.54) is 5.56 Å². The minimum atomic E-state index is -0.436. The Morgan fingerprint density at radius 1 is 1.23 bits per heavy atom. The molecule has 0 N–H and O–H groups in total. The Morgan fingerprint density at radius 2 is 2.13 bits per heavy atom. The second-order valence-corrected chi connectivity index (χ2v) is 7.52. The molecule has 4 rings (SSSR count). The molecule has 0 saturated carbocycles. The van der Waals surface area contributed by atoms with Gasteiger partial charge in [0.15, 0.2) is 6.10 Å². The van der Waals surface area contributed by atoms with Gasteiger partial charge in [0, 0.05) is 19.2 Å². The zero-order chi connectivity index (χ0) is 21.6. The lowest BCUT2D eigenvalue weighted by Gasteiger charge is -2.31. The van der Waals surface area contributed by atoms with E-state index in [1.807, 2.05) is 37.3 Å². The smallest absolute Gasteiger partial charge is 0.257 e. The van der Waals surface area contributed by atoms with Gasteiger partial charge in [-0.1, -0.05) is 23.4 Å². The average Bonchev–Trinajstić information content (AvgIpc) is 3.30. The highest BCUT2D eigenvalue weighted by molar-refractivity contribution is 5.76. The van der Waals surface area contributed by atoms with Gasteiger partial charge in [0.1, 0.15) is 11.4 Å². The third-order valence-corrected chi connectivity index (χ3v) is 5.38. The Hall–Kier alpha value is -3.26. The molecular formula is C23H26N4O4. The van der Waals surface area contributed by atoms with Crippen molar-refractivity contribution < 1.29 is 18.8 Å². The number of pyridine rings is 1. The van der Waals surface area contributed by atoms with Crippen LogP contribution in [0.3, 0.4) is 0 Å². The van der Waals surface area contributed by atoms with Crippen LogP contribution >= 0.6 is 0 Å². The quantitative estimate of drug-likeness (QED) is 0.538. The van der Waals surface area contributed by atoms with Crippen molar-refractivity contribution in [3.05, 3.63) is 59.6 Å². The maximum Gasteiger partial charge on any atom is 0.257 e. The second-order valence-electron chi connectivity index (χ2n) is 7.52. The Balaban J connectivity index is 1.28. The number of hydrogen-bond acceptors (Lipinski definition) is 7. The Labute approximate surface area is 181 Å². The van der Waals surface area contributed by atoms with Gasteiger partial charge >= 0.3 is 0 Å². The molecule has 2 aromatic heterocycles. The van der Waals surface area contributed by atoms with Crippen LogP contribution < -0.4 is 4.74 Å². The molecule has 1 aliphatic heterocycles. The summed E-state index contributed by atoms with van der Waals surface area (Å²) < 4.78 is 17.0. The molecule has 8 nitrogen and oxygen atoms in total. The number of morpholine rings is 1. The molecule has 1 amide bonds. The number of ether oxygens (including phenoxy) is 2. The molecule has 0 unspecified atom stereocenters. The van der Waals surface area contributed by atoms with Crippen molar-refractivity contribution in [1.29, 1.82) is 0 Å². The van der Waals surface area contributed by atoms with E-state index in [-0.39, 0.29) is 5.91 Å². The number of aromatic nitrogens is 3. The Bertz CT molecular complexity index is 1020. The van der Waals surface area contributed by atoms with E-state index in [9.17, 15) is 4.79 Å². The summed E-state index contributed by atoms with van der Waals surface area (Å²) in [5.41, 5.74) is 2.96. The lowest BCUT2D eigenvalue weighted by molar-refractivity contribution is -0.140. The zero-order valence-electron chi connectivity index (χ0n) is 17.8. The molecule has 1 saturated heterocycles. The van der Waals surface area contributed by atoms with Crippen LogP contribution in [0, 0.1) is 13.8 Å². The maximum atomic E-state index is 12.7. The van der Waals surface area contributed by atoms with Crippen LogP contribution in [-0.4, -0.2) is 52.2 Å². The highest BCUT2D eigenvalue weighted by Crippen LogP contribution is 2.24. The van der Waals surface area contributed by atoms with E-state index in [0.717, 1.165) is 11.3 Å². The minimum absolute atomic E-state index is 0.0716. The number of aryl methyl sites for hydroxylation is 1. The molecule has 0 radical (unpaired) electrons. The van der Waals surface area contributed by atoms with Gasteiger partial charge in [-0.15, -0.1) is 0 Å². The first kappa shape index (κ1) is 21.0. The van der Waals surface area contributed by atoms with Gasteiger partial charge in [-0.05, 0) is 49.6 Å². The van der Waals surface area contributed by atoms with Gasteiger partial charge < -0.3 is 18.9 Å². The fraction of sp³-hybridized carbons (Fsp3) is 0.391. The summed E-state index contributed by atoms with van der Waals surface area (Å²) >= 11 is 0. The van der Waals surface area contributed by atoms with Crippen LogP contribution in [-0.2, 0) is 9.53 Å². The number of carbonyl (C=O) groups excluding carboxylic acids is 1. The van der Waals surface area contributed by atoms with E-state index in [4.69, 9.17) is 14.0 Å². The number of amides is 1. The maximum absolute atomic E-state index is 12.7. The van der Waals surface area contributed by atoms with E-state index < -0.39 is 6.10 Å². The molecule has 1 atom stereocenters. The minimum Gasteiger partial charge on any atom is -0.493 e. The molecule has 3 heterocycles. The number of nitrogens with zero attached hydrogens (tertiary/aromatic N) is 4. The number of rotatable bonds is 7. The van der Waals surface area contributed by atoms with Crippen molar-refractivity contribution in [2.75, 3.05) is 26.3 Å². The molecule has 0 spiro atoms. The standard InChI is InChI=1S/C23H26N4O4/c1-16-7-5-9-19(17(16)2)29-13-6-10-21(28)27-12-14-30-20(15-27)23-25-22(26-31-23)18-8-3-4-11-24-18/h3-5,7-9,11,20H,6,10,12-15H2,1-2H3/t20-/m0/s1. The van der Waals surface area contributed by atoms with Gasteiger partial charge in [-0.25, -0.2) is 0 Å². The molecule has 0 aliphatic carbocycles. The van der Waals surface area contributed by atoms with Crippen molar-refractivity contribution in [2.24, 2.45) is 0 Å². The largest absolute Gasteiger partial charge is 0.493 e. The SMILES string of the molecule is Cc1cccc(OCCCC(=O)N2CCO[C@H](c3nc(-c4ccccn4)no3)C2)c1C. The predicted octanol–water partition coefficient (Wildman–Crippen LogP) is 3.51. The fourth-order valence-corrected chi connectivity index (χ4v) is 3.43. The Morgan fingerprint density at radius 3 is 2.97 bits per heavy atom. The van der Waals surface area contributed by atoms with Crippen LogP contribution in [0.4, 0.5) is 0 Å². The Kier molecular flexibility index (Phi) is 6.57. The van der Waals surface area contributed by atoms with E-state index in [0.29, 0.717) is 56.6 Å². The van der Waals surface area contributed by atoms with Crippen molar-refractivity contribution in [2.45, 2.75) is 32.8 Å². The van der Waals surface area contributed by atoms with Gasteiger partial charge in [-0.2, -0.15) is 4.98 Å². The number of hydrogen-bond donors (Lipinski definition) is 0. The van der Waals surface area contributed by atoms with Crippen molar-refractivity contribution in [1.82, 2.24) is 20.0 Å². The monoisotopic (exact) mass is 422 g/mol. The van der Waals surface area contributed by atoms with Crippen LogP contribution in [0.15, 0.2) is 47.1 Å². The van der Waals surface area contributed by atoms with Crippen LogP contribution in [0.2, 0.25) is 0 Å². The number of benzene rings is 1. The average molecular weight is 422 g/mol. The van der Waals surface area contributed by atoms with Crippen molar-refractivity contribution in [3.8, 4) is 17.3 Å². The summed E-state index contributed by atoms with van der Waals surface area (Å²) in [6, 6.07) is 11.5. The predicted molar refractivity (Wildman–Crippen MR) is 113 cm³/mol. The third-order valence-electron chi connectivity index (χ3n) is 5.38. The van der Waals surface area contributed by atoms with Crippen LogP contribution in [0.5, 0.6) is 5.75 Å². The normalized spacial score (nSPS) is 16.3. The zero-order valence-corrected chi connectivity index (χ0v) is 17.8. The molecule has 162 valence electrons. The lowest BCUT2D eigenvalue weighted by atomic mass is 10.1. The van der Waals surface area contributed by atoms with E-state index in [1.54, 1.807) is 11.1 Å². The molecule has 1 aromatic carbocycles. The van der Waals surface area contributed by atoms with Gasteiger partial charge in [0.25, 0.3) is 5.89 Å². The van der Waals surface area contributed by atoms with E-state index >= 15 is 0 Å². The lowest BCUT2D eigenvalue weighted by Crippen LogP contribution is -2.42. The summed E-state index contributed by atoms with van der Waals surface area (Å²) in [6.45, 7) is 5.97. The highest BCUT2D eigenvalue weighted by atomic mass is 16.5. The first-order chi connectivity index (χ1) is 15.1. The third kappa shape index (κ3) is 5.08. The molecule has 8 heteroatoms. The summed E-state index contributed by atoms with van der Waals surface area (Å²) in [7, 11) is 0. The molecular weight excluding hydrogens is 396 g/mol. The first-order valence-electron chi connectivity index (χ1n) is 10.4. The fourth-order valence-electron chi connectivity index (χ4n) is 3.43. The van der Waals surface area contributed by atoms with Crippen molar-refractivity contribution in [3.63, 3.8) is 0 Å². The first-order valence-corrected chi connectivity index (χ1v) is 10.4.